The number of hydrogen-bond acceptors (Lipinski definition) is 3. The third kappa shape index (κ3) is 4.24. The fourth-order valence-electron chi connectivity index (χ4n) is 1.86. The highest BCUT2D eigenvalue weighted by molar-refractivity contribution is 5.80. The number of carbonyl (C=O) groups is 2. The number of aromatic nitrogens is 1. The van der Waals surface area contributed by atoms with Crippen molar-refractivity contribution in [2.24, 2.45) is 0 Å². The summed E-state index contributed by atoms with van der Waals surface area (Å²) in [5.41, 5.74) is 1.04. The van der Waals surface area contributed by atoms with Crippen molar-refractivity contribution in [3.63, 3.8) is 0 Å². The first-order valence-corrected chi connectivity index (χ1v) is 6.32. The molecule has 1 saturated carbocycles. The molecule has 0 bridgehead atoms. The van der Waals surface area contributed by atoms with Crippen LogP contribution in [0.5, 0.6) is 0 Å². The number of carboxylic acids is 1. The standard InChI is InChI=1S/C13H17N3O3/c17-12(18)9-16(11-3-4-11)13(19)15-7-5-10-2-1-6-14-8-10/h1-2,6,8,11H,3-5,7,9H2,(H,15,19)(H,17,18). The number of aliphatic carboxylic acids is 1. The Morgan fingerprint density at radius 1 is 1.47 bits per heavy atom. The molecule has 0 atom stereocenters. The van der Waals surface area contributed by atoms with Crippen molar-refractivity contribution < 1.29 is 14.7 Å². The van der Waals surface area contributed by atoms with Crippen molar-refractivity contribution in [1.29, 1.82) is 0 Å². The van der Waals surface area contributed by atoms with Gasteiger partial charge in [0.1, 0.15) is 6.54 Å². The van der Waals surface area contributed by atoms with Gasteiger partial charge in [-0.3, -0.25) is 9.78 Å². The smallest absolute Gasteiger partial charge is 0.323 e. The average molecular weight is 263 g/mol. The molecule has 102 valence electrons. The Balaban J connectivity index is 1.77. The predicted octanol–water partition coefficient (Wildman–Crippen LogP) is 0.883. The van der Waals surface area contributed by atoms with E-state index in [9.17, 15) is 9.59 Å². The molecule has 2 rings (SSSR count). The molecule has 1 aromatic rings. The second-order valence-corrected chi connectivity index (χ2v) is 4.60. The summed E-state index contributed by atoms with van der Waals surface area (Å²) in [5, 5.41) is 11.5. The van der Waals surface area contributed by atoms with E-state index >= 15 is 0 Å². The molecule has 1 aliphatic rings. The third-order valence-electron chi connectivity index (χ3n) is 2.97. The molecule has 6 nitrogen and oxygen atoms in total. The van der Waals surface area contributed by atoms with E-state index in [0.717, 1.165) is 18.4 Å². The number of amides is 2. The molecule has 1 heterocycles. The normalized spacial score (nSPS) is 13.9. The van der Waals surface area contributed by atoms with E-state index in [4.69, 9.17) is 5.11 Å². The number of rotatable bonds is 6. The molecule has 2 N–H and O–H groups in total. The van der Waals surface area contributed by atoms with E-state index in [2.05, 4.69) is 10.3 Å². The summed E-state index contributed by atoms with van der Waals surface area (Å²) in [6.07, 6.45) is 5.92. The van der Waals surface area contributed by atoms with Gasteiger partial charge in [0.15, 0.2) is 0 Å². The van der Waals surface area contributed by atoms with E-state index < -0.39 is 5.97 Å². The zero-order valence-corrected chi connectivity index (χ0v) is 10.6. The summed E-state index contributed by atoms with van der Waals surface area (Å²) in [6.45, 7) is 0.247. The van der Waals surface area contributed by atoms with Crippen LogP contribution in [0.4, 0.5) is 4.79 Å². The van der Waals surface area contributed by atoms with Gasteiger partial charge in [0.25, 0.3) is 0 Å². The first-order chi connectivity index (χ1) is 9.16. The Kier molecular flexibility index (Phi) is 4.33. The molecule has 0 aromatic carbocycles. The van der Waals surface area contributed by atoms with Crippen LogP contribution in [0.2, 0.25) is 0 Å². The molecule has 2 amide bonds. The van der Waals surface area contributed by atoms with Crippen LogP contribution >= 0.6 is 0 Å². The topological polar surface area (TPSA) is 82.5 Å². The molecule has 0 radical (unpaired) electrons. The van der Waals surface area contributed by atoms with Crippen LogP contribution in [0, 0.1) is 0 Å². The van der Waals surface area contributed by atoms with Gasteiger partial charge in [-0.05, 0) is 30.9 Å². The highest BCUT2D eigenvalue weighted by atomic mass is 16.4. The highest BCUT2D eigenvalue weighted by Crippen LogP contribution is 2.26. The largest absolute Gasteiger partial charge is 0.480 e. The van der Waals surface area contributed by atoms with Gasteiger partial charge in [-0.1, -0.05) is 6.07 Å². The first-order valence-electron chi connectivity index (χ1n) is 6.32. The third-order valence-corrected chi connectivity index (χ3v) is 2.97. The van der Waals surface area contributed by atoms with Crippen molar-refractivity contribution >= 4 is 12.0 Å². The van der Waals surface area contributed by atoms with Gasteiger partial charge < -0.3 is 15.3 Å². The first kappa shape index (κ1) is 13.3. The molecule has 1 aliphatic carbocycles. The van der Waals surface area contributed by atoms with Gasteiger partial charge in [-0.15, -0.1) is 0 Å². The van der Waals surface area contributed by atoms with E-state index in [1.165, 1.54) is 4.90 Å². The van der Waals surface area contributed by atoms with Gasteiger partial charge in [0.2, 0.25) is 0 Å². The zero-order chi connectivity index (χ0) is 13.7. The van der Waals surface area contributed by atoms with Crippen molar-refractivity contribution in [1.82, 2.24) is 15.2 Å². The lowest BCUT2D eigenvalue weighted by Crippen LogP contribution is -2.44. The molecule has 1 aromatic heterocycles. The molecule has 0 aliphatic heterocycles. The summed E-state index contributed by atoms with van der Waals surface area (Å²) in [4.78, 5) is 28.0. The number of carbonyl (C=O) groups excluding carboxylic acids is 1. The van der Waals surface area contributed by atoms with Crippen LogP contribution in [-0.4, -0.2) is 46.1 Å². The van der Waals surface area contributed by atoms with E-state index in [0.29, 0.717) is 13.0 Å². The van der Waals surface area contributed by atoms with Crippen molar-refractivity contribution in [2.45, 2.75) is 25.3 Å². The van der Waals surface area contributed by atoms with Gasteiger partial charge in [0.05, 0.1) is 0 Å². The minimum absolute atomic E-state index is 0.0921. The van der Waals surface area contributed by atoms with Gasteiger partial charge in [-0.2, -0.15) is 0 Å². The second-order valence-electron chi connectivity index (χ2n) is 4.60. The van der Waals surface area contributed by atoms with E-state index in [-0.39, 0.29) is 18.6 Å². The molecule has 0 unspecified atom stereocenters. The summed E-state index contributed by atoms with van der Waals surface area (Å²) >= 11 is 0. The van der Waals surface area contributed by atoms with Gasteiger partial charge >= 0.3 is 12.0 Å². The minimum Gasteiger partial charge on any atom is -0.480 e. The Morgan fingerprint density at radius 2 is 2.26 bits per heavy atom. The Labute approximate surface area is 111 Å². The van der Waals surface area contributed by atoms with Crippen LogP contribution in [0.1, 0.15) is 18.4 Å². The molecule has 0 spiro atoms. The monoisotopic (exact) mass is 263 g/mol. The van der Waals surface area contributed by atoms with Crippen LogP contribution in [0.3, 0.4) is 0 Å². The van der Waals surface area contributed by atoms with Crippen LogP contribution in [-0.2, 0) is 11.2 Å². The van der Waals surface area contributed by atoms with E-state index in [1.54, 1.807) is 12.4 Å². The van der Waals surface area contributed by atoms with Crippen LogP contribution in [0.25, 0.3) is 0 Å². The SMILES string of the molecule is O=C(O)CN(C(=O)NCCc1cccnc1)C1CC1. The fourth-order valence-corrected chi connectivity index (χ4v) is 1.86. The molecular formula is C13H17N3O3. The Bertz CT molecular complexity index is 446. The summed E-state index contributed by atoms with van der Waals surface area (Å²) in [6, 6.07) is 3.58. The number of carboxylic acid groups (broad SMARTS) is 1. The van der Waals surface area contributed by atoms with Gasteiger partial charge in [0, 0.05) is 25.0 Å². The maximum absolute atomic E-state index is 11.9. The number of nitrogens with zero attached hydrogens (tertiary/aromatic N) is 2. The summed E-state index contributed by atoms with van der Waals surface area (Å²) < 4.78 is 0. The second kappa shape index (κ2) is 6.17. The number of pyridine rings is 1. The Morgan fingerprint density at radius 3 is 2.84 bits per heavy atom. The average Bonchev–Trinajstić information content (AvgIpc) is 3.21. The summed E-state index contributed by atoms with van der Waals surface area (Å²) in [5.74, 6) is -0.977. The lowest BCUT2D eigenvalue weighted by molar-refractivity contribution is -0.137. The number of nitrogens with one attached hydrogen (secondary N) is 1. The molecule has 1 fully saturated rings. The predicted molar refractivity (Wildman–Crippen MR) is 68.7 cm³/mol. The minimum atomic E-state index is -0.977. The molecule has 6 heteroatoms. The van der Waals surface area contributed by atoms with E-state index in [1.807, 2.05) is 12.1 Å². The fraction of sp³-hybridized carbons (Fsp3) is 0.462. The maximum atomic E-state index is 11.9. The zero-order valence-electron chi connectivity index (χ0n) is 10.6. The Hall–Kier alpha value is -2.11. The van der Waals surface area contributed by atoms with Crippen LogP contribution < -0.4 is 5.32 Å². The molecule has 19 heavy (non-hydrogen) atoms. The maximum Gasteiger partial charge on any atom is 0.323 e. The van der Waals surface area contributed by atoms with Crippen molar-refractivity contribution in [3.8, 4) is 0 Å². The molecule has 0 saturated heterocycles. The van der Waals surface area contributed by atoms with Crippen molar-refractivity contribution in [2.75, 3.05) is 13.1 Å². The lowest BCUT2D eigenvalue weighted by Gasteiger charge is -2.20. The van der Waals surface area contributed by atoms with Crippen LogP contribution in [0.15, 0.2) is 24.5 Å². The number of urea groups is 1. The van der Waals surface area contributed by atoms with Crippen molar-refractivity contribution in [3.05, 3.63) is 30.1 Å². The summed E-state index contributed by atoms with van der Waals surface area (Å²) in [7, 11) is 0. The van der Waals surface area contributed by atoms with Gasteiger partial charge in [-0.25, -0.2) is 4.79 Å². The molecular weight excluding hydrogens is 246 g/mol. The quantitative estimate of drug-likeness (QED) is 0.798. The highest BCUT2D eigenvalue weighted by Gasteiger charge is 2.33. The number of hydrogen-bond donors (Lipinski definition) is 2. The lowest BCUT2D eigenvalue weighted by atomic mass is 10.2.